The molecule has 3 rings (SSSR count). The van der Waals surface area contributed by atoms with Crippen LogP contribution in [0, 0.1) is 5.41 Å². The molecule has 0 saturated carbocycles. The predicted molar refractivity (Wildman–Crippen MR) is 148 cm³/mol. The van der Waals surface area contributed by atoms with E-state index < -0.39 is 48.1 Å². The lowest BCUT2D eigenvalue weighted by Crippen LogP contribution is -2.76. The lowest BCUT2D eigenvalue weighted by Gasteiger charge is -2.47. The van der Waals surface area contributed by atoms with Crippen molar-refractivity contribution in [3.8, 4) is 0 Å². The van der Waals surface area contributed by atoms with Crippen LogP contribution in [0.4, 0.5) is 0 Å². The van der Waals surface area contributed by atoms with Gasteiger partial charge in [0.1, 0.15) is 12.4 Å². The summed E-state index contributed by atoms with van der Waals surface area (Å²) < 4.78 is 0. The van der Waals surface area contributed by atoms with E-state index in [4.69, 9.17) is 22.6 Å². The van der Waals surface area contributed by atoms with Gasteiger partial charge in [-0.15, -0.1) is 0 Å². The summed E-state index contributed by atoms with van der Waals surface area (Å²) >= 11 is 0. The van der Waals surface area contributed by atoms with Gasteiger partial charge in [-0.05, 0) is 36.8 Å². The third-order valence-corrected chi connectivity index (χ3v) is 6.46. The van der Waals surface area contributed by atoms with E-state index in [2.05, 4.69) is 15.7 Å². The first-order valence-corrected chi connectivity index (χ1v) is 12.3. The molecule has 216 valence electrons. The summed E-state index contributed by atoms with van der Waals surface area (Å²) in [6.45, 7) is -0.117. The number of nitrogens with zero attached hydrogens (tertiary/aromatic N) is 3. The van der Waals surface area contributed by atoms with Crippen LogP contribution in [0.2, 0.25) is 0 Å². The fourth-order valence-electron chi connectivity index (χ4n) is 4.23. The maximum atomic E-state index is 13.6. The molecule has 0 spiro atoms. The highest BCUT2D eigenvalue weighted by Crippen LogP contribution is 2.24. The number of carbonyl (C=O) groups excluding carboxylic acids is 4. The molecule has 1 aliphatic heterocycles. The lowest BCUT2D eigenvalue weighted by atomic mass is 9.89. The number of carboxylic acids is 1. The molecule has 2 aromatic rings. The van der Waals surface area contributed by atoms with Crippen LogP contribution in [0.1, 0.15) is 38.8 Å². The van der Waals surface area contributed by atoms with Crippen molar-refractivity contribution in [2.75, 3.05) is 26.2 Å². The van der Waals surface area contributed by atoms with Crippen molar-refractivity contribution in [3.05, 3.63) is 70.8 Å². The number of rotatable bonds is 11. The average Bonchev–Trinajstić information content (AvgIpc) is 2.93. The second-order valence-electron chi connectivity index (χ2n) is 9.24. The van der Waals surface area contributed by atoms with Crippen LogP contribution in [0.5, 0.6) is 0 Å². The van der Waals surface area contributed by atoms with Crippen molar-refractivity contribution >= 4 is 41.3 Å². The topological polar surface area (TPSA) is 250 Å². The first-order valence-electron chi connectivity index (χ1n) is 12.3. The van der Waals surface area contributed by atoms with Gasteiger partial charge in [0.15, 0.2) is 17.3 Å². The molecule has 10 N–H and O–H groups in total. The number of hydrazine groups is 1. The van der Waals surface area contributed by atoms with Gasteiger partial charge in [0.05, 0.1) is 13.1 Å². The first-order chi connectivity index (χ1) is 19.3. The number of Topliss-reactive ketones (excluding diaryl/α,β-unsaturated/α-hetero) is 1. The van der Waals surface area contributed by atoms with Gasteiger partial charge in [-0.3, -0.25) is 34.8 Å². The number of carbonyl (C=O) groups is 5. The predicted octanol–water partition coefficient (Wildman–Crippen LogP) is -1.62. The summed E-state index contributed by atoms with van der Waals surface area (Å²) in [7, 11) is 0. The van der Waals surface area contributed by atoms with E-state index in [0.29, 0.717) is 5.56 Å². The highest BCUT2D eigenvalue weighted by molar-refractivity contribution is 6.12. The normalized spacial score (nSPS) is 16.9. The average molecular weight is 566 g/mol. The van der Waals surface area contributed by atoms with Gasteiger partial charge in [0.2, 0.25) is 0 Å². The third-order valence-electron chi connectivity index (χ3n) is 6.46. The van der Waals surface area contributed by atoms with Crippen molar-refractivity contribution in [1.29, 1.82) is 5.41 Å². The highest BCUT2D eigenvalue weighted by atomic mass is 16.4. The van der Waals surface area contributed by atoms with E-state index in [1.807, 2.05) is 0 Å². The molecule has 1 heterocycles. The number of ketones is 1. The summed E-state index contributed by atoms with van der Waals surface area (Å²) in [5, 5.41) is 20.5. The minimum atomic E-state index is -2.13. The van der Waals surface area contributed by atoms with Crippen LogP contribution in [0.15, 0.2) is 53.5 Å². The molecule has 3 amide bonds. The van der Waals surface area contributed by atoms with Crippen LogP contribution in [0.3, 0.4) is 0 Å². The van der Waals surface area contributed by atoms with Gasteiger partial charge in [-0.1, -0.05) is 24.3 Å². The van der Waals surface area contributed by atoms with Gasteiger partial charge in [0.25, 0.3) is 17.7 Å². The number of piperazine rings is 1. The molecule has 1 saturated heterocycles. The summed E-state index contributed by atoms with van der Waals surface area (Å²) in [6, 6.07) is 12.1. The van der Waals surface area contributed by atoms with E-state index in [9.17, 15) is 29.1 Å². The molecular weight excluding hydrogens is 534 g/mol. The Morgan fingerprint density at radius 1 is 0.951 bits per heavy atom. The van der Waals surface area contributed by atoms with E-state index in [-0.39, 0.29) is 42.6 Å². The zero-order valence-corrected chi connectivity index (χ0v) is 22.2. The minimum Gasteiger partial charge on any atom is -0.480 e. The Hall–Kier alpha value is -5.31. The number of hydrogen-bond acceptors (Lipinski definition) is 8. The Morgan fingerprint density at radius 3 is 2.05 bits per heavy atom. The van der Waals surface area contributed by atoms with E-state index in [1.165, 1.54) is 36.4 Å². The number of hydrogen-bond donors (Lipinski definition) is 7. The largest absolute Gasteiger partial charge is 0.480 e. The van der Waals surface area contributed by atoms with Crippen LogP contribution in [-0.2, 0) is 20.9 Å². The van der Waals surface area contributed by atoms with Crippen molar-refractivity contribution in [1.82, 2.24) is 20.7 Å². The Morgan fingerprint density at radius 2 is 1.51 bits per heavy atom. The van der Waals surface area contributed by atoms with Gasteiger partial charge >= 0.3 is 5.97 Å². The second-order valence-corrected chi connectivity index (χ2v) is 9.24. The minimum absolute atomic E-state index is 0.0832. The van der Waals surface area contributed by atoms with Crippen LogP contribution < -0.4 is 27.9 Å². The molecule has 1 fully saturated rings. The molecule has 1 atom stereocenters. The van der Waals surface area contributed by atoms with E-state index in [1.54, 1.807) is 12.1 Å². The van der Waals surface area contributed by atoms with Crippen molar-refractivity contribution in [3.63, 3.8) is 0 Å². The van der Waals surface area contributed by atoms with Crippen molar-refractivity contribution < 1.29 is 29.1 Å². The zero-order chi connectivity index (χ0) is 30.3. The number of guanidine groups is 1. The smallest absolute Gasteiger partial charge is 0.323 e. The SMILES string of the molecule is CC(=O)[C@@]1(CNC(=O)c2ccc(CN=C(N)N)cc2)C(=O)N(CC(=O)O)CCN1NC(=O)c1ccc(C(=N)N)cc1. The van der Waals surface area contributed by atoms with Crippen molar-refractivity contribution in [2.45, 2.75) is 19.0 Å². The molecule has 0 radical (unpaired) electrons. The molecule has 1 aliphatic rings. The summed E-state index contributed by atoms with van der Waals surface area (Å²) in [5.74, 6) is -4.46. The summed E-state index contributed by atoms with van der Waals surface area (Å²) in [6.07, 6.45) is 0. The number of amidine groups is 1. The summed E-state index contributed by atoms with van der Waals surface area (Å²) in [5.41, 5.74) is 18.0. The molecule has 0 aromatic heterocycles. The number of nitrogen functional groups attached to an aromatic ring is 1. The number of aliphatic carboxylic acids is 1. The fraction of sp³-hybridized carbons (Fsp3) is 0.269. The Balaban J connectivity index is 1.87. The third kappa shape index (κ3) is 7.02. The number of nitrogens with one attached hydrogen (secondary N) is 3. The maximum Gasteiger partial charge on any atom is 0.323 e. The molecule has 0 bridgehead atoms. The van der Waals surface area contributed by atoms with E-state index in [0.717, 1.165) is 22.4 Å². The van der Waals surface area contributed by atoms with Gasteiger partial charge in [-0.25, -0.2) is 4.99 Å². The van der Waals surface area contributed by atoms with Crippen LogP contribution >= 0.6 is 0 Å². The van der Waals surface area contributed by atoms with E-state index >= 15 is 0 Å². The van der Waals surface area contributed by atoms with Gasteiger partial charge < -0.3 is 32.5 Å². The van der Waals surface area contributed by atoms with Crippen molar-refractivity contribution in [2.24, 2.45) is 22.2 Å². The van der Waals surface area contributed by atoms with Gasteiger partial charge in [0, 0.05) is 29.8 Å². The lowest BCUT2D eigenvalue weighted by molar-refractivity contribution is -0.164. The maximum absolute atomic E-state index is 13.6. The van der Waals surface area contributed by atoms with Gasteiger partial charge in [-0.2, -0.15) is 5.01 Å². The number of amides is 3. The Kier molecular flexibility index (Phi) is 9.36. The quantitative estimate of drug-likeness (QED) is 0.0931. The zero-order valence-electron chi connectivity index (χ0n) is 22.2. The number of aliphatic imine (C=N–C) groups is 1. The first kappa shape index (κ1) is 30.2. The fourth-order valence-corrected chi connectivity index (χ4v) is 4.23. The van der Waals surface area contributed by atoms with Crippen LogP contribution in [-0.4, -0.2) is 88.0 Å². The number of nitrogens with two attached hydrogens (primary N) is 3. The monoisotopic (exact) mass is 565 g/mol. The molecular formula is C26H31N9O6. The number of carboxylic acid groups (broad SMARTS) is 1. The van der Waals surface area contributed by atoms with Crippen LogP contribution in [0.25, 0.3) is 0 Å². The standard InChI is InChI=1S/C26H31N9O6/c1-15(36)26(14-32-22(39)18-4-2-16(3-5-18)12-31-25(29)30)24(41)34(13-20(37)38)10-11-35(26)33-23(40)19-8-6-17(7-9-19)21(27)28/h2-9H,10-14H2,1H3,(H3,27,28)(H,32,39)(H,33,40)(H,37,38)(H4,29,30,31)/t26-/m0/s1. The molecule has 0 aliphatic carbocycles. The molecule has 15 nitrogen and oxygen atoms in total. The summed E-state index contributed by atoms with van der Waals surface area (Å²) in [4.78, 5) is 69.1. The Labute approximate surface area is 234 Å². The highest BCUT2D eigenvalue weighted by Gasteiger charge is 2.54. The molecule has 41 heavy (non-hydrogen) atoms. The number of benzene rings is 2. The molecule has 15 heteroatoms. The molecule has 2 aromatic carbocycles. The second kappa shape index (κ2) is 12.7. The molecule has 0 unspecified atom stereocenters. The Bertz CT molecular complexity index is 1390.